The first-order chi connectivity index (χ1) is 8.08. The van der Waals surface area contributed by atoms with Crippen molar-refractivity contribution in [2.24, 2.45) is 0 Å². The molecule has 0 unspecified atom stereocenters. The van der Waals surface area contributed by atoms with Crippen LogP contribution in [0.15, 0.2) is 24.3 Å². The van der Waals surface area contributed by atoms with Crippen LogP contribution in [-0.4, -0.2) is 19.2 Å². The lowest BCUT2D eigenvalue weighted by Crippen LogP contribution is -2.25. The van der Waals surface area contributed by atoms with Crippen LogP contribution in [-0.2, 0) is 0 Å². The van der Waals surface area contributed by atoms with Gasteiger partial charge in [-0.15, -0.1) is 0 Å². The van der Waals surface area contributed by atoms with E-state index in [9.17, 15) is 4.79 Å². The molecule has 0 atom stereocenters. The van der Waals surface area contributed by atoms with Crippen molar-refractivity contribution in [1.29, 1.82) is 0 Å². The molecular weight excluding hydrogens is 220 g/mol. The lowest BCUT2D eigenvalue weighted by atomic mass is 10.1. The average Bonchev–Trinajstić information content (AvgIpc) is 2.71. The summed E-state index contributed by atoms with van der Waals surface area (Å²) in [6.07, 6.45) is 0. The Hall–Kier alpha value is -2.17. The second-order valence-corrected chi connectivity index (χ2v) is 3.93. The summed E-state index contributed by atoms with van der Waals surface area (Å²) in [5.41, 5.74) is 7.41. The Kier molecular flexibility index (Phi) is 2.91. The van der Waals surface area contributed by atoms with Crippen LogP contribution in [0.3, 0.4) is 0 Å². The summed E-state index contributed by atoms with van der Waals surface area (Å²) in [5.74, 6) is 0.863. The highest BCUT2D eigenvalue weighted by Crippen LogP contribution is 2.35. The van der Waals surface area contributed by atoms with Gasteiger partial charge in [0, 0.05) is 18.3 Å². The molecule has 3 N–H and O–H groups in total. The van der Waals surface area contributed by atoms with Crippen LogP contribution in [0.25, 0.3) is 0 Å². The molecule has 1 aliphatic heterocycles. The zero-order chi connectivity index (χ0) is 12.4. The van der Waals surface area contributed by atoms with Crippen LogP contribution in [0.1, 0.15) is 17.3 Å². The van der Waals surface area contributed by atoms with Crippen LogP contribution in [0.2, 0.25) is 0 Å². The molecule has 0 bridgehead atoms. The monoisotopic (exact) mass is 234 g/mol. The molecule has 0 radical (unpaired) electrons. The predicted octanol–water partition coefficient (Wildman–Crippen LogP) is 1.30. The molecule has 17 heavy (non-hydrogen) atoms. The van der Waals surface area contributed by atoms with E-state index in [0.717, 1.165) is 5.57 Å². The van der Waals surface area contributed by atoms with E-state index in [2.05, 4.69) is 11.9 Å². The molecule has 5 nitrogen and oxygen atoms in total. The van der Waals surface area contributed by atoms with Gasteiger partial charge in [-0.25, -0.2) is 0 Å². The molecule has 2 rings (SSSR count). The quantitative estimate of drug-likeness (QED) is 0.610. The molecule has 0 saturated carbocycles. The Morgan fingerprint density at radius 2 is 2.12 bits per heavy atom. The van der Waals surface area contributed by atoms with Gasteiger partial charge in [-0.2, -0.15) is 0 Å². The van der Waals surface area contributed by atoms with Gasteiger partial charge in [-0.3, -0.25) is 4.79 Å². The second-order valence-electron chi connectivity index (χ2n) is 3.93. The Labute approximate surface area is 99.2 Å². The Morgan fingerprint density at radius 1 is 1.47 bits per heavy atom. The summed E-state index contributed by atoms with van der Waals surface area (Å²) in [7, 11) is 0. The predicted molar refractivity (Wildman–Crippen MR) is 64.1 cm³/mol. The Morgan fingerprint density at radius 3 is 2.76 bits per heavy atom. The van der Waals surface area contributed by atoms with Crippen LogP contribution < -0.4 is 20.5 Å². The molecule has 0 saturated heterocycles. The molecule has 1 aromatic carbocycles. The number of carbonyl (C=O) groups excluding carboxylic acids is 1. The molecule has 0 fully saturated rings. The van der Waals surface area contributed by atoms with Gasteiger partial charge in [0.15, 0.2) is 11.5 Å². The minimum absolute atomic E-state index is 0.158. The number of benzene rings is 1. The van der Waals surface area contributed by atoms with E-state index in [1.54, 1.807) is 12.1 Å². The maximum absolute atomic E-state index is 11.8. The van der Waals surface area contributed by atoms with Gasteiger partial charge >= 0.3 is 0 Å². The van der Waals surface area contributed by atoms with E-state index in [4.69, 9.17) is 15.2 Å². The molecule has 90 valence electrons. The van der Waals surface area contributed by atoms with Gasteiger partial charge in [0.05, 0.1) is 5.56 Å². The number of anilines is 1. The number of hydrogen-bond donors (Lipinski definition) is 2. The SMILES string of the molecule is C=C(C)CNC(=O)c1cc2c(cc1N)OCO2. The second kappa shape index (κ2) is 4.37. The summed E-state index contributed by atoms with van der Waals surface area (Å²) < 4.78 is 10.4. The zero-order valence-electron chi connectivity index (χ0n) is 9.58. The third-order valence-electron chi connectivity index (χ3n) is 2.34. The maximum Gasteiger partial charge on any atom is 0.253 e. The minimum Gasteiger partial charge on any atom is -0.454 e. The van der Waals surface area contributed by atoms with Gasteiger partial charge < -0.3 is 20.5 Å². The van der Waals surface area contributed by atoms with Crippen LogP contribution in [0, 0.1) is 0 Å². The number of carbonyl (C=O) groups is 1. The van der Waals surface area contributed by atoms with E-state index in [1.807, 2.05) is 6.92 Å². The van der Waals surface area contributed by atoms with Gasteiger partial charge in [0.25, 0.3) is 5.91 Å². The number of ether oxygens (including phenoxy) is 2. The summed E-state index contributed by atoms with van der Waals surface area (Å²) >= 11 is 0. The highest BCUT2D eigenvalue weighted by molar-refractivity contribution is 6.00. The van der Waals surface area contributed by atoms with E-state index in [0.29, 0.717) is 29.3 Å². The van der Waals surface area contributed by atoms with E-state index < -0.39 is 0 Å². The maximum atomic E-state index is 11.8. The van der Waals surface area contributed by atoms with Gasteiger partial charge in [-0.1, -0.05) is 12.2 Å². The number of hydrogen-bond acceptors (Lipinski definition) is 4. The lowest BCUT2D eigenvalue weighted by Gasteiger charge is -2.08. The molecule has 1 amide bonds. The third-order valence-corrected chi connectivity index (χ3v) is 2.34. The first kappa shape index (κ1) is 11.3. The Bertz CT molecular complexity index is 483. The number of fused-ring (bicyclic) bond motifs is 1. The van der Waals surface area contributed by atoms with Crippen molar-refractivity contribution in [3.63, 3.8) is 0 Å². The molecule has 0 aromatic heterocycles. The molecule has 0 spiro atoms. The molecule has 1 aliphatic rings. The van der Waals surface area contributed by atoms with E-state index >= 15 is 0 Å². The highest BCUT2D eigenvalue weighted by atomic mass is 16.7. The number of nitrogens with two attached hydrogens (primary N) is 1. The third kappa shape index (κ3) is 2.33. The standard InChI is InChI=1S/C12H14N2O3/c1-7(2)5-14-12(15)8-3-10-11(4-9(8)13)17-6-16-10/h3-4H,1,5-6,13H2,2H3,(H,14,15). The van der Waals surface area contributed by atoms with Gasteiger partial charge in [0.2, 0.25) is 6.79 Å². The van der Waals surface area contributed by atoms with E-state index in [1.165, 1.54) is 0 Å². The van der Waals surface area contributed by atoms with Gasteiger partial charge in [0.1, 0.15) is 0 Å². The number of nitrogen functional groups attached to an aromatic ring is 1. The lowest BCUT2D eigenvalue weighted by molar-refractivity contribution is 0.0957. The summed E-state index contributed by atoms with van der Waals surface area (Å²) in [5, 5.41) is 2.72. The molecule has 1 heterocycles. The van der Waals surface area contributed by atoms with E-state index in [-0.39, 0.29) is 12.7 Å². The number of amides is 1. The van der Waals surface area contributed by atoms with Crippen molar-refractivity contribution in [1.82, 2.24) is 5.32 Å². The normalized spacial score (nSPS) is 12.3. The first-order valence-electron chi connectivity index (χ1n) is 5.19. The van der Waals surface area contributed by atoms with Crippen molar-refractivity contribution in [2.75, 3.05) is 19.1 Å². The van der Waals surface area contributed by atoms with Crippen molar-refractivity contribution in [2.45, 2.75) is 6.92 Å². The fourth-order valence-electron chi connectivity index (χ4n) is 1.48. The van der Waals surface area contributed by atoms with Crippen molar-refractivity contribution >= 4 is 11.6 Å². The Balaban J connectivity index is 2.20. The molecule has 5 heteroatoms. The number of rotatable bonds is 3. The average molecular weight is 234 g/mol. The van der Waals surface area contributed by atoms with Crippen molar-refractivity contribution < 1.29 is 14.3 Å². The summed E-state index contributed by atoms with van der Waals surface area (Å²) in [4.78, 5) is 11.8. The molecular formula is C12H14N2O3. The first-order valence-corrected chi connectivity index (χ1v) is 5.19. The largest absolute Gasteiger partial charge is 0.454 e. The summed E-state index contributed by atoms with van der Waals surface area (Å²) in [6, 6.07) is 3.18. The zero-order valence-corrected chi connectivity index (χ0v) is 9.58. The fourth-order valence-corrected chi connectivity index (χ4v) is 1.48. The van der Waals surface area contributed by atoms with Crippen molar-refractivity contribution in [3.8, 4) is 11.5 Å². The minimum atomic E-state index is -0.246. The van der Waals surface area contributed by atoms with Crippen molar-refractivity contribution in [3.05, 3.63) is 29.8 Å². The smallest absolute Gasteiger partial charge is 0.253 e. The highest BCUT2D eigenvalue weighted by Gasteiger charge is 2.19. The summed E-state index contributed by atoms with van der Waals surface area (Å²) in [6.45, 7) is 6.13. The van der Waals surface area contributed by atoms with Gasteiger partial charge in [-0.05, 0) is 13.0 Å². The van der Waals surface area contributed by atoms with Crippen LogP contribution in [0.5, 0.6) is 11.5 Å². The fraction of sp³-hybridized carbons (Fsp3) is 0.250. The molecule has 0 aliphatic carbocycles. The number of nitrogens with one attached hydrogen (secondary N) is 1. The van der Waals surface area contributed by atoms with Crippen LogP contribution >= 0.6 is 0 Å². The topological polar surface area (TPSA) is 73.6 Å². The van der Waals surface area contributed by atoms with Crippen LogP contribution in [0.4, 0.5) is 5.69 Å². The molecule has 1 aromatic rings.